The molecule has 1 aromatic rings. The number of carbonyl (C=O) groups is 2. The van der Waals surface area contributed by atoms with Gasteiger partial charge in [0.2, 0.25) is 5.91 Å². The number of nitrogens with one attached hydrogen (secondary N) is 2. The maximum Gasteiger partial charge on any atom is 0.265 e. The van der Waals surface area contributed by atoms with Crippen LogP contribution in [0.1, 0.15) is 16.6 Å². The number of hydrogen-bond acceptors (Lipinski definition) is 5. The van der Waals surface area contributed by atoms with Crippen LogP contribution in [0.15, 0.2) is 6.20 Å². The summed E-state index contributed by atoms with van der Waals surface area (Å²) in [6.45, 7) is 2.45. The molecule has 0 aliphatic carbocycles. The molecule has 1 aromatic heterocycles. The number of nitrogens with zero attached hydrogens (tertiary/aromatic N) is 2. The quantitative estimate of drug-likeness (QED) is 0.799. The summed E-state index contributed by atoms with van der Waals surface area (Å²) in [7, 11) is 3.34. The van der Waals surface area contributed by atoms with Gasteiger partial charge in [-0.2, -0.15) is 0 Å². The zero-order chi connectivity index (χ0) is 12.8. The number of hydrogen-bond donors (Lipinski definition) is 2. The van der Waals surface area contributed by atoms with Crippen LogP contribution < -0.4 is 10.6 Å². The SMILES string of the molecule is CCNC(=O)CN(C)C(=O)c1cnc(NC)s1. The zero-order valence-corrected chi connectivity index (χ0v) is 10.9. The van der Waals surface area contributed by atoms with Crippen LogP contribution in [0.2, 0.25) is 0 Å². The van der Waals surface area contributed by atoms with Crippen LogP contribution in [-0.4, -0.2) is 48.9 Å². The van der Waals surface area contributed by atoms with Crippen molar-refractivity contribution in [3.05, 3.63) is 11.1 Å². The van der Waals surface area contributed by atoms with E-state index in [-0.39, 0.29) is 18.4 Å². The van der Waals surface area contributed by atoms with Crippen LogP contribution in [0.25, 0.3) is 0 Å². The first-order valence-electron chi connectivity index (χ1n) is 5.24. The molecule has 17 heavy (non-hydrogen) atoms. The van der Waals surface area contributed by atoms with Gasteiger partial charge in [0.1, 0.15) is 4.88 Å². The second-order valence-corrected chi connectivity index (χ2v) is 4.43. The van der Waals surface area contributed by atoms with E-state index in [0.717, 1.165) is 0 Å². The molecule has 0 spiro atoms. The Morgan fingerprint density at radius 3 is 2.76 bits per heavy atom. The van der Waals surface area contributed by atoms with Crippen molar-refractivity contribution < 1.29 is 9.59 Å². The van der Waals surface area contributed by atoms with Crippen molar-refractivity contribution in [2.45, 2.75) is 6.92 Å². The van der Waals surface area contributed by atoms with Crippen molar-refractivity contribution in [2.24, 2.45) is 0 Å². The van der Waals surface area contributed by atoms with E-state index >= 15 is 0 Å². The maximum atomic E-state index is 11.9. The molecule has 94 valence electrons. The first-order chi connectivity index (χ1) is 8.08. The molecule has 2 N–H and O–H groups in total. The number of thiazole rings is 1. The molecule has 0 bridgehead atoms. The fourth-order valence-corrected chi connectivity index (χ4v) is 1.98. The van der Waals surface area contributed by atoms with E-state index in [0.29, 0.717) is 16.6 Å². The second-order valence-electron chi connectivity index (χ2n) is 3.39. The first-order valence-corrected chi connectivity index (χ1v) is 6.05. The predicted octanol–water partition coefficient (Wildman–Crippen LogP) is 0.393. The molecular formula is C10H16N4O2S. The minimum Gasteiger partial charge on any atom is -0.365 e. The first kappa shape index (κ1) is 13.4. The molecule has 2 amide bonds. The van der Waals surface area contributed by atoms with Crippen LogP contribution in [0, 0.1) is 0 Å². The summed E-state index contributed by atoms with van der Waals surface area (Å²) in [4.78, 5) is 29.1. The molecule has 0 aliphatic heterocycles. The van der Waals surface area contributed by atoms with E-state index in [9.17, 15) is 9.59 Å². The van der Waals surface area contributed by atoms with E-state index in [1.54, 1.807) is 14.1 Å². The molecular weight excluding hydrogens is 240 g/mol. The Balaban J connectivity index is 2.60. The fraction of sp³-hybridized carbons (Fsp3) is 0.500. The number of amides is 2. The molecule has 1 heterocycles. The van der Waals surface area contributed by atoms with Crippen molar-refractivity contribution >= 4 is 28.3 Å². The van der Waals surface area contributed by atoms with Crippen molar-refractivity contribution in [3.63, 3.8) is 0 Å². The molecule has 0 saturated carbocycles. The van der Waals surface area contributed by atoms with Crippen LogP contribution in [0.3, 0.4) is 0 Å². The Kier molecular flexibility index (Phi) is 4.89. The molecule has 6 nitrogen and oxygen atoms in total. The minimum absolute atomic E-state index is 0.0550. The van der Waals surface area contributed by atoms with Crippen molar-refractivity contribution in [1.29, 1.82) is 0 Å². The lowest BCUT2D eigenvalue weighted by atomic mass is 10.4. The van der Waals surface area contributed by atoms with Gasteiger partial charge in [0.15, 0.2) is 5.13 Å². The Morgan fingerprint density at radius 1 is 1.53 bits per heavy atom. The normalized spacial score (nSPS) is 9.82. The number of carbonyl (C=O) groups excluding carboxylic acids is 2. The maximum absolute atomic E-state index is 11.9. The van der Waals surface area contributed by atoms with Gasteiger partial charge in [0.25, 0.3) is 5.91 Å². The van der Waals surface area contributed by atoms with Crippen molar-refractivity contribution in [3.8, 4) is 0 Å². The molecule has 0 saturated heterocycles. The summed E-state index contributed by atoms with van der Waals surface area (Å²) >= 11 is 1.26. The topological polar surface area (TPSA) is 74.3 Å². The third-order valence-corrected chi connectivity index (χ3v) is 3.03. The Labute approximate surface area is 104 Å². The van der Waals surface area contributed by atoms with Crippen molar-refractivity contribution in [1.82, 2.24) is 15.2 Å². The molecule has 0 radical (unpaired) electrons. The van der Waals surface area contributed by atoms with Gasteiger partial charge in [-0.05, 0) is 6.92 Å². The number of rotatable bonds is 5. The molecule has 0 aromatic carbocycles. The number of aromatic nitrogens is 1. The smallest absolute Gasteiger partial charge is 0.265 e. The summed E-state index contributed by atoms with van der Waals surface area (Å²) in [6, 6.07) is 0. The largest absolute Gasteiger partial charge is 0.365 e. The van der Waals surface area contributed by atoms with Gasteiger partial charge in [-0.1, -0.05) is 11.3 Å². The van der Waals surface area contributed by atoms with E-state index < -0.39 is 0 Å². The summed E-state index contributed by atoms with van der Waals surface area (Å²) in [5.41, 5.74) is 0. The lowest BCUT2D eigenvalue weighted by Crippen LogP contribution is -2.37. The molecule has 0 unspecified atom stereocenters. The number of likely N-dealkylation sites (N-methyl/N-ethyl adjacent to an activating group) is 2. The Morgan fingerprint density at radius 2 is 2.24 bits per heavy atom. The van der Waals surface area contributed by atoms with Crippen molar-refractivity contribution in [2.75, 3.05) is 32.5 Å². The van der Waals surface area contributed by atoms with Crippen LogP contribution in [-0.2, 0) is 4.79 Å². The van der Waals surface area contributed by atoms with Gasteiger partial charge in [-0.3, -0.25) is 9.59 Å². The van der Waals surface area contributed by atoms with Crippen LogP contribution >= 0.6 is 11.3 Å². The third kappa shape index (κ3) is 3.70. The standard InChI is InChI=1S/C10H16N4O2S/c1-4-12-8(15)6-14(3)9(16)7-5-13-10(11-2)17-7/h5H,4,6H2,1-3H3,(H,11,13)(H,12,15). The summed E-state index contributed by atoms with van der Waals surface area (Å²) in [5, 5.41) is 6.18. The van der Waals surface area contributed by atoms with Crippen LogP contribution in [0.5, 0.6) is 0 Å². The Hall–Kier alpha value is -1.63. The predicted molar refractivity (Wildman–Crippen MR) is 67.3 cm³/mol. The van der Waals surface area contributed by atoms with Gasteiger partial charge >= 0.3 is 0 Å². The summed E-state index contributed by atoms with van der Waals surface area (Å²) in [6.07, 6.45) is 1.51. The average molecular weight is 256 g/mol. The third-order valence-electron chi connectivity index (χ3n) is 2.03. The summed E-state index contributed by atoms with van der Waals surface area (Å²) < 4.78 is 0. The zero-order valence-electron chi connectivity index (χ0n) is 10.1. The van der Waals surface area contributed by atoms with Crippen LogP contribution in [0.4, 0.5) is 5.13 Å². The molecule has 0 atom stereocenters. The van der Waals surface area contributed by atoms with Gasteiger partial charge in [0, 0.05) is 20.6 Å². The minimum atomic E-state index is -0.199. The van der Waals surface area contributed by atoms with Gasteiger partial charge < -0.3 is 15.5 Å². The van der Waals surface area contributed by atoms with E-state index in [1.807, 2.05) is 6.92 Å². The molecule has 7 heteroatoms. The number of anilines is 1. The monoisotopic (exact) mass is 256 g/mol. The highest BCUT2D eigenvalue weighted by molar-refractivity contribution is 7.17. The van der Waals surface area contributed by atoms with E-state index in [1.165, 1.54) is 22.4 Å². The highest BCUT2D eigenvalue weighted by atomic mass is 32.1. The average Bonchev–Trinajstić information content (AvgIpc) is 2.76. The van der Waals surface area contributed by atoms with E-state index in [2.05, 4.69) is 15.6 Å². The molecule has 0 aliphatic rings. The fourth-order valence-electron chi connectivity index (χ4n) is 1.22. The second kappa shape index (κ2) is 6.19. The lowest BCUT2D eigenvalue weighted by Gasteiger charge is -2.14. The van der Waals surface area contributed by atoms with Gasteiger partial charge in [0.05, 0.1) is 12.7 Å². The highest BCUT2D eigenvalue weighted by Crippen LogP contribution is 2.18. The molecule has 0 fully saturated rings. The van der Waals surface area contributed by atoms with Gasteiger partial charge in [-0.15, -0.1) is 0 Å². The molecule has 1 rings (SSSR count). The Bertz CT molecular complexity index is 405. The highest BCUT2D eigenvalue weighted by Gasteiger charge is 2.17. The van der Waals surface area contributed by atoms with Gasteiger partial charge in [-0.25, -0.2) is 4.98 Å². The van der Waals surface area contributed by atoms with E-state index in [4.69, 9.17) is 0 Å². The summed E-state index contributed by atoms with van der Waals surface area (Å²) in [5.74, 6) is -0.364. The lowest BCUT2D eigenvalue weighted by molar-refractivity contribution is -0.121.